The lowest BCUT2D eigenvalue weighted by molar-refractivity contribution is 0.0953. The van der Waals surface area contributed by atoms with Gasteiger partial charge in [0, 0.05) is 19.2 Å². The van der Waals surface area contributed by atoms with Gasteiger partial charge in [-0.05, 0) is 31.5 Å². The average molecular weight is 273 g/mol. The van der Waals surface area contributed by atoms with E-state index >= 15 is 0 Å². The molecule has 0 aliphatic rings. The number of aryl methyl sites for hydroxylation is 2. The summed E-state index contributed by atoms with van der Waals surface area (Å²) in [7, 11) is 1.71. The fourth-order valence-corrected chi connectivity index (χ4v) is 2.10. The van der Waals surface area contributed by atoms with Crippen LogP contribution in [-0.2, 0) is 7.05 Å². The highest BCUT2D eigenvalue weighted by atomic mass is 16.1. The number of hydrogen-bond acceptors (Lipinski definition) is 3. The lowest BCUT2D eigenvalue weighted by atomic mass is 10.1. The number of nitrogens with one attached hydrogen (secondary N) is 1. The molecular formula is C15H19N3O2. The van der Waals surface area contributed by atoms with Crippen molar-refractivity contribution in [3.05, 3.63) is 39.8 Å². The number of carbonyl (C=O) groups is 1. The standard InChI is InChI=1S/C15H19N3O2/c1-4-5-8-16-14(19)11-6-7-13-12(9-11)17-10(2)15(20)18(13)3/h6-7,9H,4-5,8H2,1-3H3,(H,16,19). The SMILES string of the molecule is CCCCNC(=O)c1ccc2c(c1)nc(C)c(=O)n2C. The van der Waals surface area contributed by atoms with Crippen LogP contribution in [-0.4, -0.2) is 22.0 Å². The van der Waals surface area contributed by atoms with Crippen LogP contribution in [0, 0.1) is 6.92 Å². The first-order valence-corrected chi connectivity index (χ1v) is 6.80. The summed E-state index contributed by atoms with van der Waals surface area (Å²) in [4.78, 5) is 28.1. The highest BCUT2D eigenvalue weighted by Gasteiger charge is 2.09. The summed E-state index contributed by atoms with van der Waals surface area (Å²) < 4.78 is 1.55. The van der Waals surface area contributed by atoms with Crippen molar-refractivity contribution in [2.24, 2.45) is 7.05 Å². The maximum Gasteiger partial charge on any atom is 0.272 e. The Bertz CT molecular complexity index is 704. The summed E-state index contributed by atoms with van der Waals surface area (Å²) in [5.41, 5.74) is 2.28. The smallest absolute Gasteiger partial charge is 0.272 e. The summed E-state index contributed by atoms with van der Waals surface area (Å²) in [5, 5.41) is 2.87. The van der Waals surface area contributed by atoms with E-state index in [1.54, 1.807) is 36.7 Å². The zero-order valence-corrected chi connectivity index (χ0v) is 12.1. The highest BCUT2D eigenvalue weighted by Crippen LogP contribution is 2.12. The van der Waals surface area contributed by atoms with E-state index in [1.807, 2.05) is 0 Å². The summed E-state index contributed by atoms with van der Waals surface area (Å²) in [6.07, 6.45) is 2.01. The Morgan fingerprint density at radius 3 is 2.85 bits per heavy atom. The molecule has 0 spiro atoms. The maximum absolute atomic E-state index is 12.0. The predicted octanol–water partition coefficient (Wildman–Crippen LogP) is 1.77. The van der Waals surface area contributed by atoms with Gasteiger partial charge >= 0.3 is 0 Å². The van der Waals surface area contributed by atoms with Crippen molar-refractivity contribution in [1.29, 1.82) is 0 Å². The molecule has 2 rings (SSSR count). The molecule has 1 aromatic carbocycles. The Kier molecular flexibility index (Phi) is 4.17. The normalized spacial score (nSPS) is 10.8. The van der Waals surface area contributed by atoms with E-state index in [-0.39, 0.29) is 11.5 Å². The summed E-state index contributed by atoms with van der Waals surface area (Å²) in [6.45, 7) is 4.43. The molecule has 0 unspecified atom stereocenters. The van der Waals surface area contributed by atoms with Gasteiger partial charge in [0.2, 0.25) is 0 Å². The number of nitrogens with zero attached hydrogens (tertiary/aromatic N) is 2. The lowest BCUT2D eigenvalue weighted by Gasteiger charge is -2.08. The second kappa shape index (κ2) is 5.86. The van der Waals surface area contributed by atoms with E-state index < -0.39 is 0 Å². The van der Waals surface area contributed by atoms with Crippen LogP contribution in [0.1, 0.15) is 35.8 Å². The van der Waals surface area contributed by atoms with Gasteiger partial charge in [0.25, 0.3) is 11.5 Å². The molecule has 20 heavy (non-hydrogen) atoms. The Labute approximate surface area is 117 Å². The molecule has 0 fully saturated rings. The molecule has 0 aliphatic carbocycles. The van der Waals surface area contributed by atoms with Gasteiger partial charge in [-0.25, -0.2) is 4.98 Å². The fraction of sp³-hybridized carbons (Fsp3) is 0.400. The molecule has 0 saturated carbocycles. The lowest BCUT2D eigenvalue weighted by Crippen LogP contribution is -2.25. The molecule has 0 saturated heterocycles. The van der Waals surface area contributed by atoms with E-state index in [4.69, 9.17) is 0 Å². The van der Waals surface area contributed by atoms with Crippen molar-refractivity contribution >= 4 is 16.9 Å². The first-order valence-electron chi connectivity index (χ1n) is 6.80. The van der Waals surface area contributed by atoms with Crippen molar-refractivity contribution < 1.29 is 4.79 Å². The molecule has 1 heterocycles. The van der Waals surface area contributed by atoms with Gasteiger partial charge in [0.05, 0.1) is 11.0 Å². The van der Waals surface area contributed by atoms with Gasteiger partial charge in [-0.3, -0.25) is 9.59 Å². The fourth-order valence-electron chi connectivity index (χ4n) is 2.10. The zero-order chi connectivity index (χ0) is 14.7. The Morgan fingerprint density at radius 1 is 1.40 bits per heavy atom. The molecule has 1 N–H and O–H groups in total. The molecule has 5 nitrogen and oxygen atoms in total. The summed E-state index contributed by atoms with van der Waals surface area (Å²) in [5.74, 6) is -0.103. The summed E-state index contributed by atoms with van der Waals surface area (Å²) >= 11 is 0. The van der Waals surface area contributed by atoms with Crippen LogP contribution in [0.4, 0.5) is 0 Å². The second-order valence-electron chi connectivity index (χ2n) is 4.87. The third kappa shape index (κ3) is 2.71. The van der Waals surface area contributed by atoms with E-state index in [1.165, 1.54) is 0 Å². The monoisotopic (exact) mass is 273 g/mol. The van der Waals surface area contributed by atoms with Crippen LogP contribution in [0.25, 0.3) is 11.0 Å². The molecule has 1 amide bonds. The molecule has 0 atom stereocenters. The topological polar surface area (TPSA) is 64.0 Å². The van der Waals surface area contributed by atoms with Gasteiger partial charge in [-0.1, -0.05) is 13.3 Å². The Morgan fingerprint density at radius 2 is 2.15 bits per heavy atom. The van der Waals surface area contributed by atoms with Crippen LogP contribution < -0.4 is 10.9 Å². The summed E-state index contributed by atoms with van der Waals surface area (Å²) in [6, 6.07) is 5.21. The minimum absolute atomic E-state index is 0.103. The third-order valence-corrected chi connectivity index (χ3v) is 3.32. The number of benzene rings is 1. The van der Waals surface area contributed by atoms with Crippen LogP contribution in [0.3, 0.4) is 0 Å². The predicted molar refractivity (Wildman–Crippen MR) is 79.0 cm³/mol. The highest BCUT2D eigenvalue weighted by molar-refractivity contribution is 5.97. The van der Waals surface area contributed by atoms with Crippen molar-refractivity contribution in [1.82, 2.24) is 14.9 Å². The van der Waals surface area contributed by atoms with Gasteiger partial charge in [0.15, 0.2) is 0 Å². The molecule has 0 aliphatic heterocycles. The van der Waals surface area contributed by atoms with Gasteiger partial charge in [0.1, 0.15) is 5.69 Å². The number of rotatable bonds is 4. The number of carbonyl (C=O) groups excluding carboxylic acids is 1. The third-order valence-electron chi connectivity index (χ3n) is 3.32. The van der Waals surface area contributed by atoms with Crippen LogP contribution >= 0.6 is 0 Å². The molecule has 1 aromatic heterocycles. The zero-order valence-electron chi connectivity index (χ0n) is 12.1. The van der Waals surface area contributed by atoms with Crippen LogP contribution in [0.5, 0.6) is 0 Å². The van der Waals surface area contributed by atoms with Crippen LogP contribution in [0.2, 0.25) is 0 Å². The van der Waals surface area contributed by atoms with Gasteiger partial charge < -0.3 is 9.88 Å². The van der Waals surface area contributed by atoms with Crippen molar-refractivity contribution in [2.45, 2.75) is 26.7 Å². The van der Waals surface area contributed by atoms with Crippen molar-refractivity contribution in [2.75, 3.05) is 6.54 Å². The number of fused-ring (bicyclic) bond motifs is 1. The number of hydrogen-bond donors (Lipinski definition) is 1. The number of unbranched alkanes of at least 4 members (excludes halogenated alkanes) is 1. The van der Waals surface area contributed by atoms with E-state index in [0.29, 0.717) is 23.3 Å². The van der Waals surface area contributed by atoms with E-state index in [0.717, 1.165) is 18.4 Å². The molecule has 0 bridgehead atoms. The van der Waals surface area contributed by atoms with Gasteiger partial charge in [-0.15, -0.1) is 0 Å². The minimum Gasteiger partial charge on any atom is -0.352 e. The molecule has 106 valence electrons. The Hall–Kier alpha value is -2.17. The quantitative estimate of drug-likeness (QED) is 0.863. The van der Waals surface area contributed by atoms with Gasteiger partial charge in [-0.2, -0.15) is 0 Å². The van der Waals surface area contributed by atoms with E-state index in [2.05, 4.69) is 17.2 Å². The largest absolute Gasteiger partial charge is 0.352 e. The number of amides is 1. The van der Waals surface area contributed by atoms with E-state index in [9.17, 15) is 9.59 Å². The molecule has 0 radical (unpaired) electrons. The van der Waals surface area contributed by atoms with Crippen molar-refractivity contribution in [3.8, 4) is 0 Å². The second-order valence-corrected chi connectivity index (χ2v) is 4.87. The molecular weight excluding hydrogens is 254 g/mol. The van der Waals surface area contributed by atoms with Crippen LogP contribution in [0.15, 0.2) is 23.0 Å². The first kappa shape index (κ1) is 14.2. The van der Waals surface area contributed by atoms with Crippen molar-refractivity contribution in [3.63, 3.8) is 0 Å². The average Bonchev–Trinajstić information content (AvgIpc) is 2.44. The molecule has 5 heteroatoms. The number of aromatic nitrogens is 2. The maximum atomic E-state index is 12.0. The minimum atomic E-state index is -0.113. The first-order chi connectivity index (χ1) is 9.54. The Balaban J connectivity index is 2.37. The molecule has 2 aromatic rings.